The lowest BCUT2D eigenvalue weighted by atomic mass is 10.2. The normalized spacial score (nSPS) is 14.5. The molecular weight excluding hydrogens is 313 g/mol. The van der Waals surface area contributed by atoms with Crippen LogP contribution in [0.4, 0.5) is 11.4 Å². The summed E-state index contributed by atoms with van der Waals surface area (Å²) < 4.78 is 1.17. The highest BCUT2D eigenvalue weighted by molar-refractivity contribution is 14.1. The van der Waals surface area contributed by atoms with Crippen molar-refractivity contribution < 1.29 is 0 Å². The molecular formula is C12H14IN3. The van der Waals surface area contributed by atoms with Gasteiger partial charge in [0.25, 0.3) is 0 Å². The van der Waals surface area contributed by atoms with E-state index in [1.54, 1.807) is 0 Å². The third-order valence-electron chi connectivity index (χ3n) is 2.73. The molecule has 1 saturated carbocycles. The molecule has 0 heterocycles. The van der Waals surface area contributed by atoms with E-state index in [2.05, 4.69) is 39.6 Å². The lowest BCUT2D eigenvalue weighted by Gasteiger charge is -2.25. The zero-order valence-corrected chi connectivity index (χ0v) is 11.1. The minimum absolute atomic E-state index is 0.580. The average Bonchev–Trinajstić information content (AvgIpc) is 3.05. The van der Waals surface area contributed by atoms with E-state index in [0.29, 0.717) is 12.5 Å². The number of nitrogen functional groups attached to an aromatic ring is 1. The van der Waals surface area contributed by atoms with Crippen molar-refractivity contribution in [3.8, 4) is 6.07 Å². The molecule has 84 valence electrons. The van der Waals surface area contributed by atoms with Crippen molar-refractivity contribution >= 4 is 34.0 Å². The molecule has 2 rings (SSSR count). The topological polar surface area (TPSA) is 53.0 Å². The molecule has 16 heavy (non-hydrogen) atoms. The fraction of sp³-hybridized carbons (Fsp3) is 0.417. The summed E-state index contributed by atoms with van der Waals surface area (Å²) in [6.45, 7) is 0.821. The molecule has 4 heteroatoms. The van der Waals surface area contributed by atoms with Gasteiger partial charge in [-0.2, -0.15) is 5.26 Å². The Hall–Kier alpha value is -0.960. The Morgan fingerprint density at radius 1 is 1.50 bits per heavy atom. The number of hydrogen-bond donors (Lipinski definition) is 1. The third-order valence-corrected chi connectivity index (χ3v) is 3.60. The number of hydrogen-bond acceptors (Lipinski definition) is 3. The van der Waals surface area contributed by atoms with E-state index in [0.717, 1.165) is 12.2 Å². The molecule has 0 atom stereocenters. The minimum atomic E-state index is 0.580. The molecule has 0 aromatic heterocycles. The lowest BCUT2D eigenvalue weighted by molar-refractivity contribution is 0.791. The van der Waals surface area contributed by atoms with Gasteiger partial charge in [-0.05, 0) is 53.6 Å². The van der Waals surface area contributed by atoms with E-state index in [9.17, 15) is 0 Å². The molecule has 1 aliphatic rings. The molecule has 0 saturated heterocycles. The SMILES string of the molecule is N#CCCN(c1ccc(N)cc1I)C1CC1. The van der Waals surface area contributed by atoms with Gasteiger partial charge in [-0.3, -0.25) is 0 Å². The van der Waals surface area contributed by atoms with E-state index in [1.807, 2.05) is 12.1 Å². The summed E-state index contributed by atoms with van der Waals surface area (Å²) in [5.41, 5.74) is 7.75. The van der Waals surface area contributed by atoms with Crippen molar-refractivity contribution in [2.45, 2.75) is 25.3 Å². The highest BCUT2D eigenvalue weighted by Crippen LogP contribution is 2.34. The van der Waals surface area contributed by atoms with Crippen molar-refractivity contribution in [2.24, 2.45) is 0 Å². The Kier molecular flexibility index (Phi) is 3.54. The van der Waals surface area contributed by atoms with Crippen LogP contribution in [0.15, 0.2) is 18.2 Å². The number of nitrogens with zero attached hydrogens (tertiary/aromatic N) is 2. The van der Waals surface area contributed by atoms with Crippen LogP contribution in [0.1, 0.15) is 19.3 Å². The van der Waals surface area contributed by atoms with Gasteiger partial charge in [0, 0.05) is 21.8 Å². The second kappa shape index (κ2) is 4.91. The molecule has 3 nitrogen and oxygen atoms in total. The highest BCUT2D eigenvalue weighted by atomic mass is 127. The first-order valence-corrected chi connectivity index (χ1v) is 6.49. The van der Waals surface area contributed by atoms with Gasteiger partial charge in [-0.1, -0.05) is 0 Å². The maximum atomic E-state index is 8.68. The molecule has 0 unspecified atom stereocenters. The third kappa shape index (κ3) is 2.59. The fourth-order valence-corrected chi connectivity index (χ4v) is 2.66. The summed E-state index contributed by atoms with van der Waals surface area (Å²) in [4.78, 5) is 2.34. The van der Waals surface area contributed by atoms with Crippen LogP contribution < -0.4 is 10.6 Å². The Balaban J connectivity index is 2.21. The smallest absolute Gasteiger partial charge is 0.0640 e. The van der Waals surface area contributed by atoms with Gasteiger partial charge in [0.2, 0.25) is 0 Å². The highest BCUT2D eigenvalue weighted by Gasteiger charge is 2.29. The van der Waals surface area contributed by atoms with Gasteiger partial charge < -0.3 is 10.6 Å². The first kappa shape index (κ1) is 11.5. The van der Waals surface area contributed by atoms with Crippen LogP contribution in [0.3, 0.4) is 0 Å². The van der Waals surface area contributed by atoms with Crippen LogP contribution in [0.5, 0.6) is 0 Å². The number of benzene rings is 1. The zero-order valence-electron chi connectivity index (χ0n) is 8.99. The number of nitriles is 1. The largest absolute Gasteiger partial charge is 0.399 e. The van der Waals surface area contributed by atoms with Crippen molar-refractivity contribution in [3.63, 3.8) is 0 Å². The van der Waals surface area contributed by atoms with Gasteiger partial charge in [0.05, 0.1) is 18.2 Å². The maximum Gasteiger partial charge on any atom is 0.0640 e. The van der Waals surface area contributed by atoms with Crippen LogP contribution in [0.25, 0.3) is 0 Å². The van der Waals surface area contributed by atoms with Crippen LogP contribution in [0.2, 0.25) is 0 Å². The molecule has 1 aromatic rings. The minimum Gasteiger partial charge on any atom is -0.399 e. The zero-order chi connectivity index (χ0) is 11.5. The van der Waals surface area contributed by atoms with Crippen molar-refractivity contribution in [1.82, 2.24) is 0 Å². The first-order chi connectivity index (χ1) is 7.72. The predicted octanol–water partition coefficient (Wildman–Crippen LogP) is 2.76. The number of halogens is 1. The first-order valence-electron chi connectivity index (χ1n) is 5.41. The van der Waals surface area contributed by atoms with Gasteiger partial charge in [0.1, 0.15) is 0 Å². The summed E-state index contributed by atoms with van der Waals surface area (Å²) >= 11 is 2.31. The molecule has 0 spiro atoms. The fourth-order valence-electron chi connectivity index (χ4n) is 1.81. The van der Waals surface area contributed by atoms with Crippen molar-refractivity contribution in [1.29, 1.82) is 5.26 Å². The summed E-state index contributed by atoms with van der Waals surface area (Å²) in [5.74, 6) is 0. The molecule has 0 radical (unpaired) electrons. The van der Waals surface area contributed by atoms with E-state index in [-0.39, 0.29) is 0 Å². The molecule has 2 N–H and O–H groups in total. The Labute approximate surface area is 109 Å². The van der Waals surface area contributed by atoms with E-state index in [1.165, 1.54) is 22.1 Å². The van der Waals surface area contributed by atoms with Crippen LogP contribution in [0, 0.1) is 14.9 Å². The molecule has 0 bridgehead atoms. The van der Waals surface area contributed by atoms with Crippen LogP contribution >= 0.6 is 22.6 Å². The van der Waals surface area contributed by atoms with E-state index in [4.69, 9.17) is 11.0 Å². The predicted molar refractivity (Wildman–Crippen MR) is 74.2 cm³/mol. The van der Waals surface area contributed by atoms with Crippen LogP contribution in [-0.2, 0) is 0 Å². The van der Waals surface area contributed by atoms with Gasteiger partial charge in [-0.15, -0.1) is 0 Å². The van der Waals surface area contributed by atoms with E-state index >= 15 is 0 Å². The average molecular weight is 327 g/mol. The molecule has 0 aliphatic heterocycles. The maximum absolute atomic E-state index is 8.68. The second-order valence-corrected chi connectivity index (χ2v) is 5.21. The molecule has 1 fully saturated rings. The van der Waals surface area contributed by atoms with Crippen molar-refractivity contribution in [3.05, 3.63) is 21.8 Å². The standard InChI is InChI=1S/C12H14IN3/c13-11-8-9(15)2-5-12(11)16(7-1-6-14)10-3-4-10/h2,5,8,10H,1,3-4,7,15H2. The van der Waals surface area contributed by atoms with Crippen LogP contribution in [-0.4, -0.2) is 12.6 Å². The molecule has 1 aromatic carbocycles. The van der Waals surface area contributed by atoms with Gasteiger partial charge >= 0.3 is 0 Å². The monoisotopic (exact) mass is 327 g/mol. The van der Waals surface area contributed by atoms with Gasteiger partial charge in [0.15, 0.2) is 0 Å². The van der Waals surface area contributed by atoms with Gasteiger partial charge in [-0.25, -0.2) is 0 Å². The van der Waals surface area contributed by atoms with E-state index < -0.39 is 0 Å². The van der Waals surface area contributed by atoms with Crippen molar-refractivity contribution in [2.75, 3.05) is 17.2 Å². The molecule has 1 aliphatic carbocycles. The quantitative estimate of drug-likeness (QED) is 0.683. The number of rotatable bonds is 4. The number of anilines is 2. The molecule has 0 amide bonds. The second-order valence-electron chi connectivity index (χ2n) is 4.04. The summed E-state index contributed by atoms with van der Waals surface area (Å²) in [6, 6.07) is 8.82. The summed E-state index contributed by atoms with van der Waals surface area (Å²) in [6.07, 6.45) is 3.06. The summed E-state index contributed by atoms with van der Waals surface area (Å²) in [5, 5.41) is 8.68. The Morgan fingerprint density at radius 3 is 2.81 bits per heavy atom. The Bertz CT molecular complexity index is 421. The number of nitrogens with two attached hydrogens (primary N) is 1. The Morgan fingerprint density at radius 2 is 2.25 bits per heavy atom. The lowest BCUT2D eigenvalue weighted by Crippen LogP contribution is -2.27. The summed E-state index contributed by atoms with van der Waals surface area (Å²) in [7, 11) is 0.